The lowest BCUT2D eigenvalue weighted by Gasteiger charge is -2.25. The van der Waals surface area contributed by atoms with Gasteiger partial charge in [0.25, 0.3) is 0 Å². The first-order valence-electron chi connectivity index (χ1n) is 5.52. The molecule has 1 heterocycles. The summed E-state index contributed by atoms with van der Waals surface area (Å²) >= 11 is 0. The number of benzene rings is 1. The fourth-order valence-corrected chi connectivity index (χ4v) is 1.88. The Morgan fingerprint density at radius 2 is 2.12 bits per heavy atom. The van der Waals surface area contributed by atoms with Crippen LogP contribution >= 0.6 is 0 Å². The van der Waals surface area contributed by atoms with Gasteiger partial charge in [-0.05, 0) is 18.6 Å². The molecule has 0 bridgehead atoms. The topological polar surface area (TPSA) is 35.6 Å². The minimum Gasteiger partial charge on any atom is -0.383 e. The fourth-order valence-electron chi connectivity index (χ4n) is 1.88. The number of hydrogen-bond acceptors (Lipinski definition) is 2. The average molecular weight is 219 g/mol. The molecule has 0 saturated heterocycles. The van der Waals surface area contributed by atoms with E-state index in [0.717, 1.165) is 30.9 Å². The highest BCUT2D eigenvalue weighted by Gasteiger charge is 2.21. The van der Waals surface area contributed by atoms with Crippen LogP contribution in [-0.2, 0) is 0 Å². The summed E-state index contributed by atoms with van der Waals surface area (Å²) in [6.45, 7) is 1.68. The second-order valence-electron chi connectivity index (χ2n) is 4.13. The van der Waals surface area contributed by atoms with E-state index in [-0.39, 0.29) is 6.03 Å². The second-order valence-corrected chi connectivity index (χ2v) is 4.13. The van der Waals surface area contributed by atoms with Crippen molar-refractivity contribution in [2.75, 3.05) is 37.4 Å². The summed E-state index contributed by atoms with van der Waals surface area (Å²) in [5, 5.41) is 3.34. The Bertz CT molecular complexity index is 390. The number of amides is 2. The number of rotatable bonds is 0. The van der Waals surface area contributed by atoms with Crippen molar-refractivity contribution in [1.82, 2.24) is 4.90 Å². The molecule has 0 unspecified atom stereocenters. The van der Waals surface area contributed by atoms with Gasteiger partial charge in [0.05, 0.1) is 11.4 Å². The van der Waals surface area contributed by atoms with Crippen LogP contribution in [0.15, 0.2) is 24.3 Å². The molecule has 0 fully saturated rings. The molecule has 86 valence electrons. The summed E-state index contributed by atoms with van der Waals surface area (Å²) in [6, 6.07) is 7.97. The maximum absolute atomic E-state index is 12.0. The SMILES string of the molecule is CN(C)C(=O)N1CCCNc2ccccc21. The van der Waals surface area contributed by atoms with E-state index in [1.54, 1.807) is 19.0 Å². The van der Waals surface area contributed by atoms with Gasteiger partial charge in [-0.15, -0.1) is 0 Å². The van der Waals surface area contributed by atoms with E-state index in [9.17, 15) is 4.79 Å². The second kappa shape index (κ2) is 4.43. The third-order valence-corrected chi connectivity index (χ3v) is 2.68. The summed E-state index contributed by atoms with van der Waals surface area (Å²) in [7, 11) is 3.56. The number of urea groups is 1. The highest BCUT2D eigenvalue weighted by atomic mass is 16.2. The van der Waals surface area contributed by atoms with E-state index in [0.29, 0.717) is 0 Å². The first-order chi connectivity index (χ1) is 7.70. The number of hydrogen-bond donors (Lipinski definition) is 1. The normalized spacial score (nSPS) is 14.8. The van der Waals surface area contributed by atoms with Crippen LogP contribution in [0.1, 0.15) is 6.42 Å². The van der Waals surface area contributed by atoms with Crippen LogP contribution in [0, 0.1) is 0 Å². The van der Waals surface area contributed by atoms with E-state index < -0.39 is 0 Å². The molecule has 2 rings (SSSR count). The van der Waals surface area contributed by atoms with Crippen LogP contribution in [0.4, 0.5) is 16.2 Å². The lowest BCUT2D eigenvalue weighted by molar-refractivity contribution is 0.224. The molecular formula is C12H17N3O. The third kappa shape index (κ3) is 1.96. The average Bonchev–Trinajstić information content (AvgIpc) is 2.50. The summed E-state index contributed by atoms with van der Waals surface area (Å²) in [4.78, 5) is 15.5. The van der Waals surface area contributed by atoms with Gasteiger partial charge in [0.15, 0.2) is 0 Å². The Balaban J connectivity index is 2.36. The van der Waals surface area contributed by atoms with Gasteiger partial charge >= 0.3 is 6.03 Å². The minimum atomic E-state index is 0.0381. The van der Waals surface area contributed by atoms with Gasteiger partial charge in [-0.2, -0.15) is 0 Å². The van der Waals surface area contributed by atoms with Gasteiger partial charge in [-0.1, -0.05) is 12.1 Å². The fraction of sp³-hybridized carbons (Fsp3) is 0.417. The van der Waals surface area contributed by atoms with Gasteiger partial charge in [0, 0.05) is 27.2 Å². The molecule has 4 heteroatoms. The zero-order valence-corrected chi connectivity index (χ0v) is 9.73. The highest BCUT2D eigenvalue weighted by molar-refractivity contribution is 5.95. The Morgan fingerprint density at radius 1 is 1.38 bits per heavy atom. The van der Waals surface area contributed by atoms with Crippen LogP contribution in [0.3, 0.4) is 0 Å². The molecule has 2 amide bonds. The van der Waals surface area contributed by atoms with Crippen molar-refractivity contribution in [3.05, 3.63) is 24.3 Å². The van der Waals surface area contributed by atoms with Gasteiger partial charge in [-0.25, -0.2) is 4.79 Å². The molecule has 4 nitrogen and oxygen atoms in total. The van der Waals surface area contributed by atoms with Crippen LogP contribution in [0.25, 0.3) is 0 Å². The summed E-state index contributed by atoms with van der Waals surface area (Å²) in [5.74, 6) is 0. The smallest absolute Gasteiger partial charge is 0.324 e. The summed E-state index contributed by atoms with van der Waals surface area (Å²) in [6.07, 6.45) is 0.967. The van der Waals surface area contributed by atoms with E-state index in [4.69, 9.17) is 0 Å². The zero-order valence-electron chi connectivity index (χ0n) is 9.73. The maximum atomic E-state index is 12.0. The van der Waals surface area contributed by atoms with Crippen molar-refractivity contribution in [2.45, 2.75) is 6.42 Å². The number of carbonyl (C=O) groups excluding carboxylic acids is 1. The van der Waals surface area contributed by atoms with Crippen molar-refractivity contribution >= 4 is 17.4 Å². The Hall–Kier alpha value is -1.71. The lowest BCUT2D eigenvalue weighted by atomic mass is 10.2. The number of anilines is 2. The first kappa shape index (κ1) is 10.8. The summed E-state index contributed by atoms with van der Waals surface area (Å²) < 4.78 is 0. The molecule has 0 saturated carbocycles. The number of carbonyl (C=O) groups is 1. The molecule has 16 heavy (non-hydrogen) atoms. The number of nitrogens with zero attached hydrogens (tertiary/aromatic N) is 2. The molecule has 0 aliphatic carbocycles. The molecule has 1 aromatic carbocycles. The predicted molar refractivity (Wildman–Crippen MR) is 66.0 cm³/mol. The van der Waals surface area contributed by atoms with Crippen molar-refractivity contribution in [3.63, 3.8) is 0 Å². The monoisotopic (exact) mass is 219 g/mol. The largest absolute Gasteiger partial charge is 0.383 e. The molecule has 0 radical (unpaired) electrons. The molecule has 1 aromatic rings. The molecule has 1 N–H and O–H groups in total. The lowest BCUT2D eigenvalue weighted by Crippen LogP contribution is -2.39. The zero-order chi connectivity index (χ0) is 11.5. The third-order valence-electron chi connectivity index (χ3n) is 2.68. The van der Waals surface area contributed by atoms with E-state index in [1.165, 1.54) is 0 Å². The minimum absolute atomic E-state index is 0.0381. The van der Waals surface area contributed by atoms with Crippen LogP contribution in [0.2, 0.25) is 0 Å². The quantitative estimate of drug-likeness (QED) is 0.724. The Morgan fingerprint density at radius 3 is 2.88 bits per heavy atom. The van der Waals surface area contributed by atoms with Crippen molar-refractivity contribution in [3.8, 4) is 0 Å². The standard InChI is InChI=1S/C12H17N3O/c1-14(2)12(16)15-9-5-8-13-10-6-3-4-7-11(10)15/h3-4,6-7,13H,5,8-9H2,1-2H3. The molecule has 1 aliphatic heterocycles. The van der Waals surface area contributed by atoms with Gasteiger partial charge in [0.1, 0.15) is 0 Å². The van der Waals surface area contributed by atoms with Gasteiger partial charge in [-0.3, -0.25) is 4.90 Å². The molecule has 0 aromatic heterocycles. The molecule has 0 spiro atoms. The number of fused-ring (bicyclic) bond motifs is 1. The molecular weight excluding hydrogens is 202 g/mol. The van der Waals surface area contributed by atoms with Gasteiger partial charge in [0.2, 0.25) is 0 Å². The summed E-state index contributed by atoms with van der Waals surface area (Å²) in [5.41, 5.74) is 2.01. The van der Waals surface area contributed by atoms with Crippen LogP contribution < -0.4 is 10.2 Å². The molecule has 0 atom stereocenters. The Labute approximate surface area is 95.8 Å². The number of para-hydroxylation sites is 2. The highest BCUT2D eigenvalue weighted by Crippen LogP contribution is 2.28. The molecule has 1 aliphatic rings. The van der Waals surface area contributed by atoms with Crippen LogP contribution in [-0.4, -0.2) is 38.1 Å². The van der Waals surface area contributed by atoms with Gasteiger partial charge < -0.3 is 10.2 Å². The van der Waals surface area contributed by atoms with Crippen LogP contribution in [0.5, 0.6) is 0 Å². The maximum Gasteiger partial charge on any atom is 0.324 e. The van der Waals surface area contributed by atoms with E-state index in [2.05, 4.69) is 5.32 Å². The number of nitrogens with one attached hydrogen (secondary N) is 1. The van der Waals surface area contributed by atoms with Crippen molar-refractivity contribution in [1.29, 1.82) is 0 Å². The van der Waals surface area contributed by atoms with Crippen molar-refractivity contribution < 1.29 is 4.79 Å². The Kier molecular flexibility index (Phi) is 2.99. The predicted octanol–water partition coefficient (Wildman–Crippen LogP) is 1.99. The van der Waals surface area contributed by atoms with E-state index >= 15 is 0 Å². The first-order valence-corrected chi connectivity index (χ1v) is 5.52. The van der Waals surface area contributed by atoms with E-state index in [1.807, 2.05) is 29.2 Å². The van der Waals surface area contributed by atoms with Crippen molar-refractivity contribution in [2.24, 2.45) is 0 Å².